The van der Waals surface area contributed by atoms with Crippen LogP contribution in [-0.4, -0.2) is 34.5 Å². The molecule has 1 rings (SSSR count). The van der Waals surface area contributed by atoms with Gasteiger partial charge in [-0.3, -0.25) is 9.59 Å². The number of carbonyl (C=O) groups is 2. The molecular weight excluding hydrogens is 249 g/mol. The fourth-order valence-electron chi connectivity index (χ4n) is 1.78. The molecule has 0 bridgehead atoms. The Morgan fingerprint density at radius 1 is 1.42 bits per heavy atom. The van der Waals surface area contributed by atoms with E-state index in [1.807, 2.05) is 6.92 Å². The molecule has 0 spiro atoms. The number of hydrogen-bond acceptors (Lipinski definition) is 2. The molecule has 1 N–H and O–H groups in total. The van der Waals surface area contributed by atoms with Crippen molar-refractivity contribution in [1.29, 1.82) is 0 Å². The van der Waals surface area contributed by atoms with Gasteiger partial charge in [-0.25, -0.2) is 4.39 Å². The maximum atomic E-state index is 13.0. The van der Waals surface area contributed by atoms with Crippen molar-refractivity contribution < 1.29 is 19.1 Å². The van der Waals surface area contributed by atoms with Gasteiger partial charge < -0.3 is 10.0 Å². The first-order valence-electron chi connectivity index (χ1n) is 6.19. The molecular formula is C14H18FNO3. The lowest BCUT2D eigenvalue weighted by atomic mass is 10.1. The van der Waals surface area contributed by atoms with E-state index in [0.717, 1.165) is 0 Å². The van der Waals surface area contributed by atoms with E-state index in [1.165, 1.54) is 23.1 Å². The predicted molar refractivity (Wildman–Crippen MR) is 69.2 cm³/mol. The molecule has 1 atom stereocenters. The summed E-state index contributed by atoms with van der Waals surface area (Å²) in [6.45, 7) is 3.35. The van der Waals surface area contributed by atoms with Crippen LogP contribution in [0.15, 0.2) is 24.3 Å². The van der Waals surface area contributed by atoms with Crippen molar-refractivity contribution in [3.63, 3.8) is 0 Å². The number of hydrogen-bond donors (Lipinski definition) is 1. The molecule has 0 radical (unpaired) electrons. The van der Waals surface area contributed by atoms with E-state index in [4.69, 9.17) is 5.11 Å². The van der Waals surface area contributed by atoms with Gasteiger partial charge in [0.05, 0.1) is 6.42 Å². The third-order valence-corrected chi connectivity index (χ3v) is 2.99. The summed E-state index contributed by atoms with van der Waals surface area (Å²) in [5.41, 5.74) is 0.545. The Balaban J connectivity index is 2.79. The lowest BCUT2D eigenvalue weighted by molar-refractivity contribution is -0.145. The maximum absolute atomic E-state index is 13.0. The zero-order chi connectivity index (χ0) is 14.4. The van der Waals surface area contributed by atoms with Gasteiger partial charge in [0.2, 0.25) is 5.91 Å². The molecule has 1 aromatic rings. The van der Waals surface area contributed by atoms with Gasteiger partial charge in [0.1, 0.15) is 12.4 Å². The largest absolute Gasteiger partial charge is 0.480 e. The van der Waals surface area contributed by atoms with E-state index >= 15 is 0 Å². The summed E-state index contributed by atoms with van der Waals surface area (Å²) in [5, 5.41) is 8.83. The lowest BCUT2D eigenvalue weighted by Gasteiger charge is -2.27. The summed E-state index contributed by atoms with van der Waals surface area (Å²) in [6.07, 6.45) is 0.678. The SMILES string of the molecule is CCC(C)N(CC(=O)O)C(=O)Cc1cccc(F)c1. The topological polar surface area (TPSA) is 57.6 Å². The Bertz CT molecular complexity index is 462. The Kier molecular flexibility index (Phi) is 5.48. The zero-order valence-electron chi connectivity index (χ0n) is 11.1. The van der Waals surface area contributed by atoms with Crippen molar-refractivity contribution in [2.75, 3.05) is 6.54 Å². The summed E-state index contributed by atoms with van der Waals surface area (Å²) in [5.74, 6) is -1.76. The molecule has 104 valence electrons. The van der Waals surface area contributed by atoms with Gasteiger partial charge >= 0.3 is 5.97 Å². The molecule has 0 saturated carbocycles. The second kappa shape index (κ2) is 6.87. The Morgan fingerprint density at radius 3 is 2.63 bits per heavy atom. The molecule has 1 amide bonds. The first-order chi connectivity index (χ1) is 8.93. The molecule has 5 heteroatoms. The van der Waals surface area contributed by atoms with E-state index < -0.39 is 11.8 Å². The number of aliphatic carboxylic acids is 1. The quantitative estimate of drug-likeness (QED) is 0.858. The van der Waals surface area contributed by atoms with Crippen LogP contribution in [0.4, 0.5) is 4.39 Å². The van der Waals surface area contributed by atoms with Gasteiger partial charge in [0.25, 0.3) is 0 Å². The van der Waals surface area contributed by atoms with Crippen molar-refractivity contribution in [3.8, 4) is 0 Å². The standard InChI is InChI=1S/C14H18FNO3/c1-3-10(2)16(9-14(18)19)13(17)8-11-5-4-6-12(15)7-11/h4-7,10H,3,8-9H2,1-2H3,(H,18,19). The lowest BCUT2D eigenvalue weighted by Crippen LogP contribution is -2.42. The first kappa shape index (κ1) is 15.1. The molecule has 19 heavy (non-hydrogen) atoms. The molecule has 0 saturated heterocycles. The highest BCUT2D eigenvalue weighted by molar-refractivity contribution is 5.83. The normalized spacial score (nSPS) is 11.9. The Hall–Kier alpha value is -1.91. The van der Waals surface area contributed by atoms with Crippen molar-refractivity contribution >= 4 is 11.9 Å². The zero-order valence-corrected chi connectivity index (χ0v) is 11.1. The van der Waals surface area contributed by atoms with Crippen LogP contribution in [0.25, 0.3) is 0 Å². The average molecular weight is 267 g/mol. The number of halogens is 1. The number of carboxylic acids is 1. The average Bonchev–Trinajstić information content (AvgIpc) is 2.34. The van der Waals surface area contributed by atoms with Crippen molar-refractivity contribution in [3.05, 3.63) is 35.6 Å². The van der Waals surface area contributed by atoms with Crippen LogP contribution in [0.1, 0.15) is 25.8 Å². The number of nitrogens with zero attached hydrogens (tertiary/aromatic N) is 1. The van der Waals surface area contributed by atoms with Crippen LogP contribution in [0, 0.1) is 5.82 Å². The third-order valence-electron chi connectivity index (χ3n) is 2.99. The third kappa shape index (κ3) is 4.69. The molecule has 0 aliphatic carbocycles. The fourth-order valence-corrected chi connectivity index (χ4v) is 1.78. The van der Waals surface area contributed by atoms with E-state index in [9.17, 15) is 14.0 Å². The van der Waals surface area contributed by atoms with Gasteiger partial charge in [0.15, 0.2) is 0 Å². The smallest absolute Gasteiger partial charge is 0.323 e. The number of amides is 1. The monoisotopic (exact) mass is 267 g/mol. The van der Waals surface area contributed by atoms with Gasteiger partial charge in [-0.1, -0.05) is 19.1 Å². The van der Waals surface area contributed by atoms with E-state index in [1.54, 1.807) is 13.0 Å². The van der Waals surface area contributed by atoms with Gasteiger partial charge in [-0.2, -0.15) is 0 Å². The van der Waals surface area contributed by atoms with E-state index in [0.29, 0.717) is 12.0 Å². The van der Waals surface area contributed by atoms with Gasteiger partial charge in [-0.05, 0) is 31.0 Å². The Morgan fingerprint density at radius 2 is 2.11 bits per heavy atom. The van der Waals surface area contributed by atoms with Crippen molar-refractivity contribution in [2.45, 2.75) is 32.7 Å². The van der Waals surface area contributed by atoms with Crippen LogP contribution in [0.3, 0.4) is 0 Å². The van der Waals surface area contributed by atoms with Crippen LogP contribution in [-0.2, 0) is 16.0 Å². The van der Waals surface area contributed by atoms with E-state index in [-0.39, 0.29) is 24.9 Å². The van der Waals surface area contributed by atoms with Crippen molar-refractivity contribution in [1.82, 2.24) is 4.90 Å². The molecule has 0 aliphatic heterocycles. The summed E-state index contributed by atoms with van der Waals surface area (Å²) in [6, 6.07) is 5.61. The molecule has 0 aliphatic rings. The predicted octanol–water partition coefficient (Wildman–Crippen LogP) is 2.08. The second-order valence-corrected chi connectivity index (χ2v) is 4.48. The summed E-state index contributed by atoms with van der Waals surface area (Å²) in [4.78, 5) is 24.2. The number of benzene rings is 1. The van der Waals surface area contributed by atoms with Crippen molar-refractivity contribution in [2.24, 2.45) is 0 Å². The number of carbonyl (C=O) groups excluding carboxylic acids is 1. The maximum Gasteiger partial charge on any atom is 0.323 e. The molecule has 1 unspecified atom stereocenters. The summed E-state index contributed by atoms with van der Waals surface area (Å²) >= 11 is 0. The molecule has 4 nitrogen and oxygen atoms in total. The first-order valence-corrected chi connectivity index (χ1v) is 6.19. The van der Waals surface area contributed by atoms with Crippen LogP contribution in [0.5, 0.6) is 0 Å². The number of rotatable bonds is 6. The highest BCUT2D eigenvalue weighted by Gasteiger charge is 2.21. The molecule has 1 aromatic carbocycles. The fraction of sp³-hybridized carbons (Fsp3) is 0.429. The minimum atomic E-state index is -1.05. The Labute approximate surface area is 111 Å². The summed E-state index contributed by atoms with van der Waals surface area (Å²) in [7, 11) is 0. The second-order valence-electron chi connectivity index (χ2n) is 4.48. The van der Waals surface area contributed by atoms with Crippen LogP contribution in [0.2, 0.25) is 0 Å². The molecule has 0 heterocycles. The van der Waals surface area contributed by atoms with Crippen LogP contribution >= 0.6 is 0 Å². The number of carboxylic acid groups (broad SMARTS) is 1. The highest BCUT2D eigenvalue weighted by atomic mass is 19.1. The highest BCUT2D eigenvalue weighted by Crippen LogP contribution is 2.10. The molecule has 0 fully saturated rings. The van der Waals surface area contributed by atoms with Gasteiger partial charge in [0, 0.05) is 6.04 Å². The van der Waals surface area contributed by atoms with Crippen LogP contribution < -0.4 is 0 Å². The molecule has 0 aromatic heterocycles. The summed E-state index contributed by atoms with van der Waals surface area (Å²) < 4.78 is 13.0. The van der Waals surface area contributed by atoms with E-state index in [2.05, 4.69) is 0 Å². The van der Waals surface area contributed by atoms with Gasteiger partial charge in [-0.15, -0.1) is 0 Å². The minimum Gasteiger partial charge on any atom is -0.480 e. The minimum absolute atomic E-state index is 0.00931.